The number of carbonyl (C=O) groups is 1. The molecule has 0 amide bonds. The summed E-state index contributed by atoms with van der Waals surface area (Å²) in [7, 11) is -4.11. The van der Waals surface area contributed by atoms with Crippen molar-refractivity contribution in [2.24, 2.45) is 5.92 Å². The normalized spacial score (nSPS) is 17.5. The first-order valence-corrected chi connectivity index (χ1v) is 12.1. The molecule has 8 nitrogen and oxygen atoms in total. The van der Waals surface area contributed by atoms with Gasteiger partial charge >= 0.3 is 5.97 Å². The number of fused-ring (bicyclic) bond motifs is 1. The van der Waals surface area contributed by atoms with Crippen LogP contribution >= 0.6 is 0 Å². The van der Waals surface area contributed by atoms with Crippen molar-refractivity contribution in [1.82, 2.24) is 18.7 Å². The quantitative estimate of drug-likeness (QED) is 0.584. The van der Waals surface area contributed by atoms with Crippen LogP contribution in [0.2, 0.25) is 0 Å². The maximum absolute atomic E-state index is 13.6. The van der Waals surface area contributed by atoms with Crippen LogP contribution in [0.4, 0.5) is 8.78 Å². The third-order valence-electron chi connectivity index (χ3n) is 6.02. The number of carboxylic acid groups (broad SMARTS) is 1. The third kappa shape index (κ3) is 4.50. The Labute approximate surface area is 190 Å². The van der Waals surface area contributed by atoms with Gasteiger partial charge in [-0.2, -0.15) is 17.6 Å². The van der Waals surface area contributed by atoms with Crippen LogP contribution in [0, 0.1) is 5.92 Å². The lowest BCUT2D eigenvalue weighted by Gasteiger charge is -2.30. The highest BCUT2D eigenvalue weighted by atomic mass is 32.2. The summed E-state index contributed by atoms with van der Waals surface area (Å²) in [6, 6.07) is 4.52. The Hall–Kier alpha value is -2.82. The zero-order valence-corrected chi connectivity index (χ0v) is 19.4. The van der Waals surface area contributed by atoms with Crippen molar-refractivity contribution in [2.45, 2.75) is 69.2 Å². The molecule has 4 rings (SSSR count). The summed E-state index contributed by atoms with van der Waals surface area (Å²) in [6.07, 6.45) is 2.51. The first-order chi connectivity index (χ1) is 15.3. The first-order valence-electron chi connectivity index (χ1n) is 10.7. The van der Waals surface area contributed by atoms with Gasteiger partial charge in [0.15, 0.2) is 0 Å². The molecule has 2 aromatic heterocycles. The highest BCUT2D eigenvalue weighted by Crippen LogP contribution is 2.38. The van der Waals surface area contributed by atoms with Crippen LogP contribution in [0.3, 0.4) is 0 Å². The number of aromatic carboxylic acids is 1. The number of nitrogens with zero attached hydrogens (tertiary/aromatic N) is 4. The zero-order chi connectivity index (χ0) is 24.2. The molecule has 1 saturated carbocycles. The van der Waals surface area contributed by atoms with Crippen LogP contribution in [-0.4, -0.2) is 44.2 Å². The Bertz CT molecular complexity index is 1310. The van der Waals surface area contributed by atoms with Crippen molar-refractivity contribution in [3.05, 3.63) is 42.0 Å². The lowest BCUT2D eigenvalue weighted by atomic mass is 9.86. The summed E-state index contributed by atoms with van der Waals surface area (Å²) >= 11 is 0. The number of halogens is 2. The molecule has 0 bridgehead atoms. The van der Waals surface area contributed by atoms with Gasteiger partial charge < -0.3 is 9.67 Å². The molecule has 178 valence electrons. The molecule has 0 saturated heterocycles. The van der Waals surface area contributed by atoms with E-state index in [1.807, 2.05) is 25.3 Å². The number of hydrogen-bond acceptors (Lipinski definition) is 5. The molecule has 1 N–H and O–H groups in total. The summed E-state index contributed by atoms with van der Waals surface area (Å²) in [5.41, 5.74) is 0.599. The van der Waals surface area contributed by atoms with E-state index >= 15 is 0 Å². The molecule has 2 heterocycles. The first kappa shape index (κ1) is 23.3. The number of imidazole rings is 1. The monoisotopic (exact) mass is 480 g/mol. The van der Waals surface area contributed by atoms with Crippen LogP contribution in [0.25, 0.3) is 11.0 Å². The highest BCUT2D eigenvalue weighted by molar-refractivity contribution is 7.89. The Balaban J connectivity index is 1.73. The maximum atomic E-state index is 13.6. The molecule has 1 aromatic carbocycles. The second-order valence-electron chi connectivity index (χ2n) is 9.66. The molecule has 1 aliphatic carbocycles. The zero-order valence-electron chi connectivity index (χ0n) is 18.6. The Morgan fingerprint density at radius 2 is 1.91 bits per heavy atom. The molecule has 0 aliphatic heterocycles. The number of alkyl halides is 2. The fourth-order valence-electron chi connectivity index (χ4n) is 4.22. The predicted octanol–water partition coefficient (Wildman–Crippen LogP) is 4.29. The van der Waals surface area contributed by atoms with Crippen molar-refractivity contribution >= 4 is 27.0 Å². The molecule has 0 atom stereocenters. The minimum Gasteiger partial charge on any atom is -0.478 e. The van der Waals surface area contributed by atoms with E-state index in [0.717, 1.165) is 23.7 Å². The average Bonchev–Trinajstić information content (AvgIpc) is 3.35. The summed E-state index contributed by atoms with van der Waals surface area (Å²) in [6.45, 7) is 6.52. The second-order valence-corrected chi connectivity index (χ2v) is 11.5. The molecule has 0 radical (unpaired) electrons. The second kappa shape index (κ2) is 7.89. The van der Waals surface area contributed by atoms with Gasteiger partial charge in [-0.05, 0) is 37.0 Å². The smallest absolute Gasteiger partial charge is 0.338 e. The molecule has 0 unspecified atom stereocenters. The van der Waals surface area contributed by atoms with Gasteiger partial charge in [-0.25, -0.2) is 18.6 Å². The third-order valence-corrected chi connectivity index (χ3v) is 7.56. The van der Waals surface area contributed by atoms with E-state index in [1.54, 1.807) is 6.07 Å². The van der Waals surface area contributed by atoms with Gasteiger partial charge in [-0.1, -0.05) is 20.8 Å². The van der Waals surface area contributed by atoms with Crippen molar-refractivity contribution in [2.75, 3.05) is 0 Å². The summed E-state index contributed by atoms with van der Waals surface area (Å²) in [5, 5.41) is 12.7. The highest BCUT2D eigenvalue weighted by Gasteiger charge is 2.36. The van der Waals surface area contributed by atoms with Gasteiger partial charge in [-0.3, -0.25) is 0 Å². The Morgan fingerprint density at radius 3 is 2.48 bits per heavy atom. The SMILES string of the molecule is CC(C)(C)c1nc2cc(S(=O)(=O)n3cc(C(=O)O)cn3)ccc2n1CC1CCC(F)(F)CC1. The van der Waals surface area contributed by atoms with E-state index in [-0.39, 0.29) is 34.6 Å². The molecule has 11 heteroatoms. The van der Waals surface area contributed by atoms with Gasteiger partial charge in [-0.15, -0.1) is 0 Å². The molecule has 3 aromatic rings. The van der Waals surface area contributed by atoms with Crippen LogP contribution < -0.4 is 0 Å². The van der Waals surface area contributed by atoms with E-state index in [4.69, 9.17) is 10.1 Å². The van der Waals surface area contributed by atoms with Crippen LogP contribution in [0.1, 0.15) is 62.6 Å². The summed E-state index contributed by atoms with van der Waals surface area (Å²) in [4.78, 5) is 15.7. The predicted molar refractivity (Wildman–Crippen MR) is 117 cm³/mol. The van der Waals surface area contributed by atoms with E-state index in [2.05, 4.69) is 5.10 Å². The Kier molecular flexibility index (Phi) is 5.58. The van der Waals surface area contributed by atoms with Crippen molar-refractivity contribution < 1.29 is 27.1 Å². The number of aromatic nitrogens is 4. The molecule has 1 aliphatic rings. The topological polar surface area (TPSA) is 107 Å². The van der Waals surface area contributed by atoms with Crippen LogP contribution in [0.15, 0.2) is 35.5 Å². The minimum atomic E-state index is -4.11. The van der Waals surface area contributed by atoms with Gasteiger partial charge in [0.25, 0.3) is 10.0 Å². The van der Waals surface area contributed by atoms with Crippen molar-refractivity contribution in [3.63, 3.8) is 0 Å². The Morgan fingerprint density at radius 1 is 1.24 bits per heavy atom. The van der Waals surface area contributed by atoms with Gasteiger partial charge in [0.05, 0.1) is 33.9 Å². The fourth-order valence-corrected chi connectivity index (χ4v) is 5.36. The average molecular weight is 481 g/mol. The lowest BCUT2D eigenvalue weighted by Crippen LogP contribution is -2.28. The van der Waals surface area contributed by atoms with E-state index in [0.29, 0.717) is 29.0 Å². The standard InChI is InChI=1S/C22H26F2N4O4S/c1-21(2,3)20-26-17-10-16(33(31,32)28-13-15(11-25-28)19(29)30)4-5-18(17)27(20)12-14-6-8-22(23,24)9-7-14/h4-5,10-11,13-14H,6-9,12H2,1-3H3,(H,29,30). The molecule has 1 fully saturated rings. The summed E-state index contributed by atoms with van der Waals surface area (Å²) in [5.74, 6) is -3.04. The largest absolute Gasteiger partial charge is 0.478 e. The van der Waals surface area contributed by atoms with Gasteiger partial charge in [0.2, 0.25) is 5.92 Å². The van der Waals surface area contributed by atoms with Crippen molar-refractivity contribution in [3.8, 4) is 0 Å². The lowest BCUT2D eigenvalue weighted by molar-refractivity contribution is -0.0473. The number of hydrogen-bond donors (Lipinski definition) is 1. The molecular weight excluding hydrogens is 454 g/mol. The van der Waals surface area contributed by atoms with Crippen LogP contribution in [-0.2, 0) is 22.0 Å². The molecule has 33 heavy (non-hydrogen) atoms. The summed E-state index contributed by atoms with van der Waals surface area (Å²) < 4.78 is 55.8. The van der Waals surface area contributed by atoms with Gasteiger partial charge in [0, 0.05) is 24.8 Å². The number of carboxylic acids is 1. The van der Waals surface area contributed by atoms with E-state index in [1.165, 1.54) is 12.1 Å². The number of rotatable bonds is 5. The van der Waals surface area contributed by atoms with Crippen molar-refractivity contribution in [1.29, 1.82) is 0 Å². The number of benzene rings is 1. The molecule has 0 spiro atoms. The molecular formula is C22H26F2N4O4S. The fraction of sp³-hybridized carbons (Fsp3) is 0.500. The van der Waals surface area contributed by atoms with E-state index in [9.17, 15) is 22.0 Å². The minimum absolute atomic E-state index is 0.0718. The van der Waals surface area contributed by atoms with E-state index < -0.39 is 21.9 Å². The van der Waals surface area contributed by atoms with Crippen LogP contribution in [0.5, 0.6) is 0 Å². The maximum Gasteiger partial charge on any atom is 0.338 e. The van der Waals surface area contributed by atoms with Gasteiger partial charge in [0.1, 0.15) is 5.82 Å².